The van der Waals surface area contributed by atoms with Crippen LogP contribution in [0.25, 0.3) is 5.76 Å². The number of amides is 1. The highest BCUT2D eigenvalue weighted by Gasteiger charge is 2.46. The molecule has 1 saturated heterocycles. The number of ketones is 1. The van der Waals surface area contributed by atoms with Crippen LogP contribution >= 0.6 is 0 Å². The zero-order valence-corrected chi connectivity index (χ0v) is 19.8. The molecule has 1 atom stereocenters. The Balaban J connectivity index is 1.86. The Morgan fingerprint density at radius 1 is 0.971 bits per heavy atom. The summed E-state index contributed by atoms with van der Waals surface area (Å²) in [4.78, 5) is 30.0. The van der Waals surface area contributed by atoms with E-state index in [-0.39, 0.29) is 17.9 Å². The number of methoxy groups -OCH3 is 1. The van der Waals surface area contributed by atoms with E-state index in [0.29, 0.717) is 11.3 Å². The molecule has 4 rings (SSSR count). The van der Waals surface area contributed by atoms with Crippen LogP contribution in [0.4, 0.5) is 5.69 Å². The van der Waals surface area contributed by atoms with E-state index in [2.05, 4.69) is 0 Å². The van der Waals surface area contributed by atoms with E-state index in [0.717, 1.165) is 22.4 Å². The second-order valence-electron chi connectivity index (χ2n) is 8.59. The molecular formula is C28H28N2O4. The van der Waals surface area contributed by atoms with Crippen molar-refractivity contribution in [2.24, 2.45) is 0 Å². The molecule has 1 heterocycles. The maximum Gasteiger partial charge on any atom is 0.295 e. The molecule has 0 aliphatic carbocycles. The zero-order chi connectivity index (χ0) is 24.4. The van der Waals surface area contributed by atoms with Gasteiger partial charge in [-0.2, -0.15) is 0 Å². The molecule has 6 heteroatoms. The standard InChI is InChI=1S/C28H28N2O4/c1-18-9-11-20(12-10-18)26(31)24-25(19-13-15-22(16-14-19)29(2)3)30(28(33)27(24)32)17-21-7-5-6-8-23(21)34-4/h5-16,25,31H,17H2,1-4H3/b26-24-. The van der Waals surface area contributed by atoms with Gasteiger partial charge in [-0.15, -0.1) is 0 Å². The first-order chi connectivity index (χ1) is 16.3. The number of Topliss-reactive ketones (excluding diaryl/α,β-unsaturated/α-hetero) is 1. The predicted molar refractivity (Wildman–Crippen MR) is 133 cm³/mol. The summed E-state index contributed by atoms with van der Waals surface area (Å²) >= 11 is 0. The third kappa shape index (κ3) is 4.27. The number of benzene rings is 3. The molecule has 1 aliphatic heterocycles. The van der Waals surface area contributed by atoms with Crippen molar-refractivity contribution in [2.75, 3.05) is 26.1 Å². The quantitative estimate of drug-likeness (QED) is 0.331. The molecule has 1 N–H and O–H groups in total. The van der Waals surface area contributed by atoms with Gasteiger partial charge in [-0.25, -0.2) is 0 Å². The van der Waals surface area contributed by atoms with Gasteiger partial charge in [-0.3, -0.25) is 9.59 Å². The van der Waals surface area contributed by atoms with E-state index in [9.17, 15) is 14.7 Å². The van der Waals surface area contributed by atoms with E-state index in [4.69, 9.17) is 4.74 Å². The minimum absolute atomic E-state index is 0.0846. The first-order valence-corrected chi connectivity index (χ1v) is 11.1. The van der Waals surface area contributed by atoms with Gasteiger partial charge in [-0.05, 0) is 30.7 Å². The number of ether oxygens (including phenoxy) is 1. The normalized spacial score (nSPS) is 17.2. The van der Waals surface area contributed by atoms with Crippen LogP contribution in [0.3, 0.4) is 0 Å². The zero-order valence-electron chi connectivity index (χ0n) is 19.8. The number of anilines is 1. The summed E-state index contributed by atoms with van der Waals surface area (Å²) in [6, 6.07) is 21.6. The first-order valence-electron chi connectivity index (χ1n) is 11.1. The van der Waals surface area contributed by atoms with Gasteiger partial charge in [0.25, 0.3) is 11.7 Å². The number of carbonyl (C=O) groups is 2. The molecule has 1 aliphatic rings. The highest BCUT2D eigenvalue weighted by Crippen LogP contribution is 2.41. The molecule has 0 saturated carbocycles. The molecule has 3 aromatic carbocycles. The van der Waals surface area contributed by atoms with Crippen LogP contribution in [0.1, 0.15) is 28.3 Å². The van der Waals surface area contributed by atoms with E-state index in [1.807, 2.05) is 86.6 Å². The van der Waals surface area contributed by atoms with Crippen molar-refractivity contribution in [2.45, 2.75) is 19.5 Å². The average molecular weight is 457 g/mol. The van der Waals surface area contributed by atoms with E-state index in [1.54, 1.807) is 19.2 Å². The predicted octanol–water partition coefficient (Wildman–Crippen LogP) is 4.69. The van der Waals surface area contributed by atoms with Crippen molar-refractivity contribution < 1.29 is 19.4 Å². The number of nitrogens with zero attached hydrogens (tertiary/aromatic N) is 2. The minimum Gasteiger partial charge on any atom is -0.507 e. The summed E-state index contributed by atoms with van der Waals surface area (Å²) in [6.45, 7) is 2.11. The molecule has 1 amide bonds. The van der Waals surface area contributed by atoms with Crippen molar-refractivity contribution in [1.82, 2.24) is 4.90 Å². The van der Waals surface area contributed by atoms with Crippen LogP contribution in [0, 0.1) is 6.92 Å². The van der Waals surface area contributed by atoms with E-state index in [1.165, 1.54) is 4.90 Å². The largest absolute Gasteiger partial charge is 0.507 e. The van der Waals surface area contributed by atoms with Gasteiger partial charge in [0.2, 0.25) is 0 Å². The lowest BCUT2D eigenvalue weighted by Crippen LogP contribution is -2.29. The van der Waals surface area contributed by atoms with Crippen molar-refractivity contribution in [3.8, 4) is 5.75 Å². The van der Waals surface area contributed by atoms with Crippen LogP contribution in [0.2, 0.25) is 0 Å². The molecule has 174 valence electrons. The summed E-state index contributed by atoms with van der Waals surface area (Å²) in [5, 5.41) is 11.2. The smallest absolute Gasteiger partial charge is 0.295 e. The van der Waals surface area contributed by atoms with Crippen LogP contribution in [-0.4, -0.2) is 42.9 Å². The van der Waals surface area contributed by atoms with Gasteiger partial charge >= 0.3 is 0 Å². The SMILES string of the molecule is COc1ccccc1CN1C(=O)C(=O)/C(=C(\O)c2ccc(C)cc2)C1c1ccc(N(C)C)cc1. The topological polar surface area (TPSA) is 70.1 Å². The molecule has 0 bridgehead atoms. The third-order valence-corrected chi connectivity index (χ3v) is 6.12. The Labute approximate surface area is 199 Å². The summed E-state index contributed by atoms with van der Waals surface area (Å²) in [7, 11) is 5.46. The Morgan fingerprint density at radius 2 is 1.62 bits per heavy atom. The minimum atomic E-state index is -0.734. The summed E-state index contributed by atoms with van der Waals surface area (Å²) in [5.41, 5.74) is 4.12. The first kappa shape index (κ1) is 23.1. The van der Waals surface area contributed by atoms with Gasteiger partial charge in [0, 0.05) is 30.9 Å². The Bertz CT molecular complexity index is 1240. The Kier molecular flexibility index (Phi) is 6.41. The molecular weight excluding hydrogens is 428 g/mol. The number of carbonyl (C=O) groups excluding carboxylic acids is 2. The van der Waals surface area contributed by atoms with Crippen LogP contribution in [0.15, 0.2) is 78.4 Å². The Hall–Kier alpha value is -4.06. The van der Waals surface area contributed by atoms with Crippen LogP contribution in [-0.2, 0) is 16.1 Å². The number of hydrogen-bond donors (Lipinski definition) is 1. The third-order valence-electron chi connectivity index (χ3n) is 6.12. The fraction of sp³-hybridized carbons (Fsp3) is 0.214. The molecule has 0 radical (unpaired) electrons. The number of hydrogen-bond acceptors (Lipinski definition) is 5. The molecule has 0 aromatic heterocycles. The lowest BCUT2D eigenvalue weighted by Gasteiger charge is -2.26. The van der Waals surface area contributed by atoms with Crippen molar-refractivity contribution in [3.63, 3.8) is 0 Å². The highest BCUT2D eigenvalue weighted by atomic mass is 16.5. The lowest BCUT2D eigenvalue weighted by molar-refractivity contribution is -0.140. The Morgan fingerprint density at radius 3 is 2.24 bits per heavy atom. The molecule has 34 heavy (non-hydrogen) atoms. The highest BCUT2D eigenvalue weighted by molar-refractivity contribution is 6.46. The number of likely N-dealkylation sites (tertiary alicyclic amines) is 1. The van der Waals surface area contributed by atoms with Crippen molar-refractivity contribution in [3.05, 3.63) is 101 Å². The molecule has 0 spiro atoms. The van der Waals surface area contributed by atoms with E-state index >= 15 is 0 Å². The maximum absolute atomic E-state index is 13.3. The van der Waals surface area contributed by atoms with Gasteiger partial charge in [0.05, 0.1) is 25.3 Å². The fourth-order valence-electron chi connectivity index (χ4n) is 4.23. The average Bonchev–Trinajstić information content (AvgIpc) is 3.09. The second-order valence-corrected chi connectivity index (χ2v) is 8.59. The van der Waals surface area contributed by atoms with Crippen molar-refractivity contribution >= 4 is 23.1 Å². The van der Waals surface area contributed by atoms with Gasteiger partial charge in [-0.1, -0.05) is 60.2 Å². The summed E-state index contributed by atoms with van der Waals surface area (Å²) in [6.07, 6.45) is 0. The molecule has 1 fully saturated rings. The van der Waals surface area contributed by atoms with Crippen LogP contribution < -0.4 is 9.64 Å². The van der Waals surface area contributed by atoms with Gasteiger partial charge in [0.1, 0.15) is 11.5 Å². The number of aryl methyl sites for hydroxylation is 1. The number of aliphatic hydroxyl groups excluding tert-OH is 1. The number of rotatable bonds is 6. The van der Waals surface area contributed by atoms with Crippen molar-refractivity contribution in [1.29, 1.82) is 0 Å². The van der Waals surface area contributed by atoms with Gasteiger partial charge in [0.15, 0.2) is 0 Å². The molecule has 3 aromatic rings. The fourth-order valence-corrected chi connectivity index (χ4v) is 4.23. The molecule has 6 nitrogen and oxygen atoms in total. The second kappa shape index (κ2) is 9.43. The summed E-state index contributed by atoms with van der Waals surface area (Å²) < 4.78 is 5.47. The van der Waals surface area contributed by atoms with Gasteiger partial charge < -0.3 is 19.6 Å². The lowest BCUT2D eigenvalue weighted by atomic mass is 9.94. The summed E-state index contributed by atoms with van der Waals surface area (Å²) in [5.74, 6) is -0.900. The van der Waals surface area contributed by atoms with E-state index < -0.39 is 17.7 Å². The molecule has 1 unspecified atom stereocenters. The number of para-hydroxylation sites is 1. The van der Waals surface area contributed by atoms with Crippen LogP contribution in [0.5, 0.6) is 5.75 Å². The monoisotopic (exact) mass is 456 g/mol. The number of aliphatic hydroxyl groups is 1. The maximum atomic E-state index is 13.3.